The van der Waals surface area contributed by atoms with E-state index in [-0.39, 0.29) is 5.91 Å². The Labute approximate surface area is 116 Å². The van der Waals surface area contributed by atoms with Gasteiger partial charge in [0.2, 0.25) is 5.91 Å². The quantitative estimate of drug-likeness (QED) is 0.729. The summed E-state index contributed by atoms with van der Waals surface area (Å²) >= 11 is 0. The maximum absolute atomic E-state index is 11.9. The fourth-order valence-corrected chi connectivity index (χ4v) is 1.80. The molecule has 2 rings (SSSR count). The van der Waals surface area contributed by atoms with E-state index in [9.17, 15) is 9.59 Å². The standard InChI is InChI=1S/C15H15N3O2/c16-13-6-2-5-12(8-13)15(20)18-9-10-3-1-4-11(7-10)14(17)19/h1-8H,9,16H2,(H2,17,19)(H,18,20). The van der Waals surface area contributed by atoms with Gasteiger partial charge in [-0.05, 0) is 35.9 Å². The van der Waals surface area contributed by atoms with E-state index < -0.39 is 5.91 Å². The molecule has 0 saturated carbocycles. The molecule has 2 amide bonds. The van der Waals surface area contributed by atoms with Crippen LogP contribution in [-0.2, 0) is 6.54 Å². The minimum absolute atomic E-state index is 0.221. The number of hydrogen-bond donors (Lipinski definition) is 3. The van der Waals surface area contributed by atoms with Gasteiger partial charge in [-0.2, -0.15) is 0 Å². The van der Waals surface area contributed by atoms with E-state index in [0.717, 1.165) is 5.56 Å². The SMILES string of the molecule is NC(=O)c1cccc(CNC(=O)c2cccc(N)c2)c1. The van der Waals surface area contributed by atoms with E-state index in [2.05, 4.69) is 5.32 Å². The highest BCUT2D eigenvalue weighted by molar-refractivity contribution is 5.95. The number of carbonyl (C=O) groups excluding carboxylic acids is 2. The van der Waals surface area contributed by atoms with Crippen LogP contribution >= 0.6 is 0 Å². The number of carbonyl (C=O) groups is 2. The Morgan fingerprint density at radius 3 is 2.40 bits per heavy atom. The first kappa shape index (κ1) is 13.6. The average molecular weight is 269 g/mol. The predicted molar refractivity (Wildman–Crippen MR) is 77.0 cm³/mol. The number of anilines is 1. The van der Waals surface area contributed by atoms with Crippen molar-refractivity contribution < 1.29 is 9.59 Å². The monoisotopic (exact) mass is 269 g/mol. The van der Waals surface area contributed by atoms with Crippen molar-refractivity contribution in [1.82, 2.24) is 5.32 Å². The molecule has 5 nitrogen and oxygen atoms in total. The van der Waals surface area contributed by atoms with Crippen LogP contribution < -0.4 is 16.8 Å². The van der Waals surface area contributed by atoms with E-state index in [1.54, 1.807) is 42.5 Å². The van der Waals surface area contributed by atoms with Gasteiger partial charge >= 0.3 is 0 Å². The molecule has 0 heterocycles. The van der Waals surface area contributed by atoms with Crippen molar-refractivity contribution >= 4 is 17.5 Å². The lowest BCUT2D eigenvalue weighted by atomic mass is 10.1. The Balaban J connectivity index is 2.03. The molecule has 0 aliphatic carbocycles. The van der Waals surface area contributed by atoms with E-state index in [1.807, 2.05) is 6.07 Å². The molecule has 0 aliphatic heterocycles. The Morgan fingerprint density at radius 1 is 1.00 bits per heavy atom. The molecule has 0 aliphatic rings. The van der Waals surface area contributed by atoms with Crippen LogP contribution in [0.4, 0.5) is 5.69 Å². The highest BCUT2D eigenvalue weighted by Crippen LogP contribution is 2.08. The van der Waals surface area contributed by atoms with Gasteiger partial charge in [0.25, 0.3) is 5.91 Å². The van der Waals surface area contributed by atoms with E-state index in [4.69, 9.17) is 11.5 Å². The minimum Gasteiger partial charge on any atom is -0.399 e. The number of nitrogens with two attached hydrogens (primary N) is 2. The smallest absolute Gasteiger partial charge is 0.251 e. The molecule has 0 radical (unpaired) electrons. The molecule has 5 heteroatoms. The molecule has 2 aromatic carbocycles. The second kappa shape index (κ2) is 5.88. The van der Waals surface area contributed by atoms with Crippen LogP contribution in [0.1, 0.15) is 26.3 Å². The van der Waals surface area contributed by atoms with Crippen molar-refractivity contribution in [1.29, 1.82) is 0 Å². The van der Waals surface area contributed by atoms with Crippen LogP contribution in [0.25, 0.3) is 0 Å². The molecule has 0 unspecified atom stereocenters. The van der Waals surface area contributed by atoms with Gasteiger partial charge in [-0.1, -0.05) is 18.2 Å². The molecule has 102 valence electrons. The zero-order valence-corrected chi connectivity index (χ0v) is 10.8. The number of hydrogen-bond acceptors (Lipinski definition) is 3. The molecule has 0 spiro atoms. The van der Waals surface area contributed by atoms with Crippen LogP contribution in [0, 0.1) is 0 Å². The van der Waals surface area contributed by atoms with Crippen LogP contribution in [0.5, 0.6) is 0 Å². The summed E-state index contributed by atoms with van der Waals surface area (Å²) in [4.78, 5) is 23.0. The number of nitrogens with one attached hydrogen (secondary N) is 1. The molecule has 0 atom stereocenters. The Hall–Kier alpha value is -2.82. The minimum atomic E-state index is -0.492. The maximum atomic E-state index is 11.9. The molecule has 0 saturated heterocycles. The Morgan fingerprint density at radius 2 is 1.70 bits per heavy atom. The van der Waals surface area contributed by atoms with Gasteiger partial charge in [0, 0.05) is 23.4 Å². The average Bonchev–Trinajstić information content (AvgIpc) is 2.45. The largest absolute Gasteiger partial charge is 0.399 e. The van der Waals surface area contributed by atoms with Gasteiger partial charge in [0.15, 0.2) is 0 Å². The molecular weight excluding hydrogens is 254 g/mol. The highest BCUT2D eigenvalue weighted by atomic mass is 16.2. The lowest BCUT2D eigenvalue weighted by Gasteiger charge is -2.07. The number of rotatable bonds is 4. The fraction of sp³-hybridized carbons (Fsp3) is 0.0667. The maximum Gasteiger partial charge on any atom is 0.251 e. The van der Waals surface area contributed by atoms with E-state index in [0.29, 0.717) is 23.4 Å². The van der Waals surface area contributed by atoms with Gasteiger partial charge < -0.3 is 16.8 Å². The summed E-state index contributed by atoms with van der Waals surface area (Å²) in [6.45, 7) is 0.314. The van der Waals surface area contributed by atoms with Crippen molar-refractivity contribution in [2.45, 2.75) is 6.54 Å². The van der Waals surface area contributed by atoms with Crippen LogP contribution in [0.3, 0.4) is 0 Å². The molecular formula is C15H15N3O2. The first-order chi connectivity index (χ1) is 9.56. The van der Waals surface area contributed by atoms with Gasteiger partial charge in [0.1, 0.15) is 0 Å². The zero-order chi connectivity index (χ0) is 14.5. The first-order valence-corrected chi connectivity index (χ1v) is 6.09. The summed E-state index contributed by atoms with van der Waals surface area (Å²) in [5.41, 5.74) is 13.1. The second-order valence-corrected chi connectivity index (χ2v) is 4.37. The highest BCUT2D eigenvalue weighted by Gasteiger charge is 2.06. The molecule has 0 aromatic heterocycles. The molecule has 5 N–H and O–H groups in total. The van der Waals surface area contributed by atoms with Crippen molar-refractivity contribution in [3.8, 4) is 0 Å². The lowest BCUT2D eigenvalue weighted by Crippen LogP contribution is -2.23. The summed E-state index contributed by atoms with van der Waals surface area (Å²) in [7, 11) is 0. The number of primary amides is 1. The molecule has 2 aromatic rings. The third-order valence-corrected chi connectivity index (χ3v) is 2.81. The normalized spacial score (nSPS) is 10.0. The van der Waals surface area contributed by atoms with Crippen LogP contribution in [0.2, 0.25) is 0 Å². The number of amides is 2. The molecule has 20 heavy (non-hydrogen) atoms. The summed E-state index contributed by atoms with van der Waals surface area (Å²) in [6, 6.07) is 13.5. The predicted octanol–water partition coefficient (Wildman–Crippen LogP) is 1.30. The van der Waals surface area contributed by atoms with Crippen molar-refractivity contribution in [3.05, 3.63) is 65.2 Å². The topological polar surface area (TPSA) is 98.2 Å². The van der Waals surface area contributed by atoms with Crippen molar-refractivity contribution in [2.75, 3.05) is 5.73 Å². The zero-order valence-electron chi connectivity index (χ0n) is 10.8. The summed E-state index contributed by atoms with van der Waals surface area (Å²) in [5.74, 6) is -0.712. The lowest BCUT2D eigenvalue weighted by molar-refractivity contribution is 0.0950. The van der Waals surface area contributed by atoms with Gasteiger partial charge in [-0.25, -0.2) is 0 Å². The fourth-order valence-electron chi connectivity index (χ4n) is 1.80. The van der Waals surface area contributed by atoms with E-state index in [1.165, 1.54) is 0 Å². The third kappa shape index (κ3) is 3.35. The molecule has 0 fully saturated rings. The van der Waals surface area contributed by atoms with Gasteiger partial charge in [0.05, 0.1) is 0 Å². The first-order valence-electron chi connectivity index (χ1n) is 6.09. The third-order valence-electron chi connectivity index (χ3n) is 2.81. The summed E-state index contributed by atoms with van der Waals surface area (Å²) in [6.07, 6.45) is 0. The van der Waals surface area contributed by atoms with Gasteiger partial charge in [-0.3, -0.25) is 9.59 Å². The Bertz CT molecular complexity index is 653. The number of nitrogen functional groups attached to an aromatic ring is 1. The van der Waals surface area contributed by atoms with Crippen LogP contribution in [0.15, 0.2) is 48.5 Å². The second-order valence-electron chi connectivity index (χ2n) is 4.37. The van der Waals surface area contributed by atoms with E-state index >= 15 is 0 Å². The Kier molecular flexibility index (Phi) is 4.00. The summed E-state index contributed by atoms with van der Waals surface area (Å²) in [5, 5.41) is 2.76. The van der Waals surface area contributed by atoms with Gasteiger partial charge in [-0.15, -0.1) is 0 Å². The number of benzene rings is 2. The summed E-state index contributed by atoms with van der Waals surface area (Å²) < 4.78 is 0. The van der Waals surface area contributed by atoms with Crippen molar-refractivity contribution in [2.24, 2.45) is 5.73 Å². The van der Waals surface area contributed by atoms with Crippen LogP contribution in [-0.4, -0.2) is 11.8 Å². The van der Waals surface area contributed by atoms with Crippen molar-refractivity contribution in [3.63, 3.8) is 0 Å². The molecule has 0 bridgehead atoms.